The number of ether oxygens (including phenoxy) is 1. The zero-order chi connectivity index (χ0) is 28.2. The molecule has 3 aromatic heterocycles. The standard InChI is InChI=1S/C27H37N9O3S/c1-18(2)24-28-19-8-6-7-9-20(19)36(24)26-31-23-22(25(32-26)33-12-14-39-15-13-33)29-21(30-23)16-34-10-11-35(40(5,37)38)17-27(34,3)4/h6-9,18H,10-17H2,1-5H3,(H,29,30,31,32). The molecule has 2 fully saturated rings. The van der Waals surface area contributed by atoms with Gasteiger partial charge in [-0.2, -0.15) is 14.3 Å². The van der Waals surface area contributed by atoms with Crippen LogP contribution in [0.3, 0.4) is 0 Å². The van der Waals surface area contributed by atoms with E-state index in [-0.39, 0.29) is 11.5 Å². The quantitative estimate of drug-likeness (QED) is 0.374. The minimum atomic E-state index is -3.24. The second-order valence-electron chi connectivity index (χ2n) is 11.6. The number of nitrogens with zero attached hydrogens (tertiary/aromatic N) is 8. The summed E-state index contributed by atoms with van der Waals surface area (Å²) in [5.74, 6) is 3.18. The molecule has 0 saturated carbocycles. The van der Waals surface area contributed by atoms with Crippen LogP contribution in [0.25, 0.3) is 28.1 Å². The zero-order valence-corrected chi connectivity index (χ0v) is 24.6. The molecular weight excluding hydrogens is 530 g/mol. The summed E-state index contributed by atoms with van der Waals surface area (Å²) in [4.78, 5) is 27.9. The summed E-state index contributed by atoms with van der Waals surface area (Å²) >= 11 is 0. The lowest BCUT2D eigenvalue weighted by atomic mass is 10.0. The van der Waals surface area contributed by atoms with Gasteiger partial charge >= 0.3 is 0 Å². The molecular formula is C27H37N9O3S. The third kappa shape index (κ3) is 4.95. The van der Waals surface area contributed by atoms with Gasteiger partial charge in [0.15, 0.2) is 17.0 Å². The number of morpholine rings is 1. The van der Waals surface area contributed by atoms with Crippen molar-refractivity contribution in [1.82, 2.24) is 38.7 Å². The van der Waals surface area contributed by atoms with Gasteiger partial charge < -0.3 is 14.6 Å². The number of sulfonamides is 1. The Kier molecular flexibility index (Phi) is 6.80. The van der Waals surface area contributed by atoms with Crippen molar-refractivity contribution in [1.29, 1.82) is 0 Å². The molecule has 214 valence electrons. The SMILES string of the molecule is CC(C)c1nc2ccccc2n1-c1nc(N2CCOCC2)c2nc(CN3CCN(S(C)(=O)=O)CC3(C)C)[nH]c2n1. The van der Waals surface area contributed by atoms with E-state index in [2.05, 4.69) is 47.0 Å². The van der Waals surface area contributed by atoms with Crippen molar-refractivity contribution in [3.05, 3.63) is 35.9 Å². The Morgan fingerprint density at radius 1 is 1.02 bits per heavy atom. The Morgan fingerprint density at radius 3 is 2.48 bits per heavy atom. The van der Waals surface area contributed by atoms with E-state index in [1.54, 1.807) is 4.31 Å². The van der Waals surface area contributed by atoms with Gasteiger partial charge in [-0.1, -0.05) is 26.0 Å². The highest BCUT2D eigenvalue weighted by Crippen LogP contribution is 2.30. The summed E-state index contributed by atoms with van der Waals surface area (Å²) in [6.45, 7) is 13.1. The third-order valence-electron chi connectivity index (χ3n) is 7.83. The average Bonchev–Trinajstić information content (AvgIpc) is 3.50. The topological polar surface area (TPSA) is 125 Å². The molecule has 0 unspecified atom stereocenters. The van der Waals surface area contributed by atoms with E-state index in [4.69, 9.17) is 24.7 Å². The predicted molar refractivity (Wildman–Crippen MR) is 154 cm³/mol. The molecule has 0 amide bonds. The van der Waals surface area contributed by atoms with Gasteiger partial charge in [0.2, 0.25) is 16.0 Å². The monoisotopic (exact) mass is 567 g/mol. The zero-order valence-electron chi connectivity index (χ0n) is 23.8. The number of hydrogen-bond donors (Lipinski definition) is 1. The van der Waals surface area contributed by atoms with Crippen LogP contribution in [0.2, 0.25) is 0 Å². The molecule has 0 spiro atoms. The molecule has 0 aliphatic carbocycles. The molecule has 40 heavy (non-hydrogen) atoms. The van der Waals surface area contributed by atoms with Gasteiger partial charge in [-0.3, -0.25) is 9.47 Å². The van der Waals surface area contributed by atoms with E-state index >= 15 is 0 Å². The van der Waals surface area contributed by atoms with E-state index in [0.29, 0.717) is 51.0 Å². The molecule has 0 bridgehead atoms. The molecule has 2 saturated heterocycles. The van der Waals surface area contributed by atoms with Crippen LogP contribution in [-0.4, -0.2) is 105 Å². The summed E-state index contributed by atoms with van der Waals surface area (Å²) < 4.78 is 33.6. The lowest BCUT2D eigenvalue weighted by Crippen LogP contribution is -2.59. The van der Waals surface area contributed by atoms with Crippen LogP contribution in [0.1, 0.15) is 45.3 Å². The number of piperazine rings is 1. The van der Waals surface area contributed by atoms with Gasteiger partial charge in [-0.05, 0) is 26.0 Å². The van der Waals surface area contributed by atoms with E-state index in [1.807, 2.05) is 24.3 Å². The van der Waals surface area contributed by atoms with Crippen molar-refractivity contribution in [3.8, 4) is 5.95 Å². The van der Waals surface area contributed by atoms with Gasteiger partial charge in [-0.25, -0.2) is 18.4 Å². The largest absolute Gasteiger partial charge is 0.378 e. The van der Waals surface area contributed by atoms with Gasteiger partial charge in [0.1, 0.15) is 11.6 Å². The highest BCUT2D eigenvalue weighted by molar-refractivity contribution is 7.88. The fourth-order valence-corrected chi connectivity index (χ4v) is 6.60. The molecule has 4 aromatic rings. The van der Waals surface area contributed by atoms with Gasteiger partial charge in [0.25, 0.3) is 0 Å². The number of aromatic amines is 1. The summed E-state index contributed by atoms with van der Waals surface area (Å²) in [6.07, 6.45) is 1.27. The molecule has 1 aromatic carbocycles. The van der Waals surface area contributed by atoms with Gasteiger partial charge in [-0.15, -0.1) is 0 Å². The Labute approximate surface area is 234 Å². The number of hydrogen-bond acceptors (Lipinski definition) is 9. The van der Waals surface area contributed by atoms with Crippen molar-refractivity contribution in [2.75, 3.05) is 57.1 Å². The number of nitrogens with one attached hydrogen (secondary N) is 1. The first kappa shape index (κ1) is 27.1. The van der Waals surface area contributed by atoms with Crippen molar-refractivity contribution < 1.29 is 13.2 Å². The second kappa shape index (κ2) is 10.1. The number of imidazole rings is 2. The minimum Gasteiger partial charge on any atom is -0.378 e. The van der Waals surface area contributed by atoms with Crippen LogP contribution in [0.5, 0.6) is 0 Å². The third-order valence-corrected chi connectivity index (χ3v) is 9.08. The van der Waals surface area contributed by atoms with E-state index < -0.39 is 10.0 Å². The Balaban J connectivity index is 1.43. The molecule has 13 heteroatoms. The Morgan fingerprint density at radius 2 is 1.77 bits per heavy atom. The number of aromatic nitrogens is 6. The first-order chi connectivity index (χ1) is 19.0. The molecule has 1 N–H and O–H groups in total. The number of rotatable bonds is 6. The van der Waals surface area contributed by atoms with Crippen LogP contribution in [0.4, 0.5) is 5.82 Å². The van der Waals surface area contributed by atoms with Gasteiger partial charge in [0, 0.05) is 44.2 Å². The number of para-hydroxylation sites is 2. The predicted octanol–water partition coefficient (Wildman–Crippen LogP) is 2.51. The highest BCUT2D eigenvalue weighted by Gasteiger charge is 2.37. The molecule has 2 aliphatic rings. The fourth-order valence-electron chi connectivity index (χ4n) is 5.64. The lowest BCUT2D eigenvalue weighted by Gasteiger charge is -2.45. The smallest absolute Gasteiger partial charge is 0.239 e. The summed E-state index contributed by atoms with van der Waals surface area (Å²) in [5.41, 5.74) is 2.91. The average molecular weight is 568 g/mol. The van der Waals surface area contributed by atoms with Crippen molar-refractivity contribution in [3.63, 3.8) is 0 Å². The first-order valence-electron chi connectivity index (χ1n) is 13.8. The van der Waals surface area contributed by atoms with Crippen molar-refractivity contribution in [2.24, 2.45) is 0 Å². The Hall–Kier alpha value is -3.13. The van der Waals surface area contributed by atoms with Crippen LogP contribution in [-0.2, 0) is 21.3 Å². The Bertz CT molecular complexity index is 1650. The van der Waals surface area contributed by atoms with E-state index in [0.717, 1.165) is 47.1 Å². The van der Waals surface area contributed by atoms with Gasteiger partial charge in [0.05, 0.1) is 37.0 Å². The molecule has 0 radical (unpaired) electrons. The maximum atomic E-state index is 12.2. The summed E-state index contributed by atoms with van der Waals surface area (Å²) in [6, 6.07) is 8.06. The molecule has 12 nitrogen and oxygen atoms in total. The number of benzene rings is 1. The summed E-state index contributed by atoms with van der Waals surface area (Å²) in [7, 11) is -3.24. The fraction of sp³-hybridized carbons (Fsp3) is 0.556. The van der Waals surface area contributed by atoms with Crippen LogP contribution in [0, 0.1) is 0 Å². The first-order valence-corrected chi connectivity index (χ1v) is 15.6. The lowest BCUT2D eigenvalue weighted by molar-refractivity contribution is 0.0456. The maximum Gasteiger partial charge on any atom is 0.239 e. The normalized spacial score (nSPS) is 19.3. The molecule has 5 heterocycles. The van der Waals surface area contributed by atoms with E-state index in [9.17, 15) is 8.42 Å². The van der Waals surface area contributed by atoms with Crippen molar-refractivity contribution >= 4 is 38.0 Å². The highest BCUT2D eigenvalue weighted by atomic mass is 32.2. The number of H-pyrrole nitrogens is 1. The van der Waals surface area contributed by atoms with E-state index in [1.165, 1.54) is 6.26 Å². The second-order valence-corrected chi connectivity index (χ2v) is 13.6. The van der Waals surface area contributed by atoms with Crippen LogP contribution >= 0.6 is 0 Å². The van der Waals surface area contributed by atoms with Crippen molar-refractivity contribution in [2.45, 2.75) is 45.7 Å². The molecule has 2 aliphatic heterocycles. The number of fused-ring (bicyclic) bond motifs is 2. The number of anilines is 1. The van der Waals surface area contributed by atoms with Crippen LogP contribution < -0.4 is 4.90 Å². The summed E-state index contributed by atoms with van der Waals surface area (Å²) in [5, 5.41) is 0. The maximum absolute atomic E-state index is 12.2. The molecule has 0 atom stereocenters. The molecule has 6 rings (SSSR count). The minimum absolute atomic E-state index is 0.170. The van der Waals surface area contributed by atoms with Crippen LogP contribution in [0.15, 0.2) is 24.3 Å².